The smallest absolute Gasteiger partial charge is 0.343 e. The minimum Gasteiger partial charge on any atom is -0.484 e. The number of hydrogen-bond acceptors (Lipinski definition) is 7. The van der Waals surface area contributed by atoms with E-state index in [1.54, 1.807) is 66.7 Å². The van der Waals surface area contributed by atoms with E-state index in [9.17, 15) is 14.4 Å². The molecule has 0 heterocycles. The lowest BCUT2D eigenvalue weighted by Crippen LogP contribution is -2.24. The van der Waals surface area contributed by atoms with Crippen LogP contribution in [0.5, 0.6) is 17.2 Å². The van der Waals surface area contributed by atoms with Crippen molar-refractivity contribution in [2.75, 3.05) is 6.61 Å². The highest BCUT2D eigenvalue weighted by Crippen LogP contribution is 2.26. The first kappa shape index (κ1) is 27.8. The average Bonchev–Trinajstić information content (AvgIpc) is 2.98. The summed E-state index contributed by atoms with van der Waals surface area (Å²) in [5.74, 6) is -0.418. The van der Waals surface area contributed by atoms with Crippen molar-refractivity contribution in [3.63, 3.8) is 0 Å². The van der Waals surface area contributed by atoms with E-state index >= 15 is 0 Å². The molecule has 202 valence electrons. The predicted octanol–water partition coefficient (Wildman–Crippen LogP) is 5.78. The molecule has 4 aromatic rings. The van der Waals surface area contributed by atoms with Gasteiger partial charge in [0.15, 0.2) is 6.61 Å². The fourth-order valence-corrected chi connectivity index (χ4v) is 3.55. The molecule has 0 radical (unpaired) electrons. The van der Waals surface area contributed by atoms with Crippen molar-refractivity contribution < 1.29 is 28.6 Å². The third-order valence-electron chi connectivity index (χ3n) is 5.73. The van der Waals surface area contributed by atoms with Crippen molar-refractivity contribution in [1.82, 2.24) is 5.43 Å². The molecule has 1 N–H and O–H groups in total. The Morgan fingerprint density at radius 1 is 0.750 bits per heavy atom. The third kappa shape index (κ3) is 7.88. The first-order chi connectivity index (χ1) is 19.4. The maximum Gasteiger partial charge on any atom is 0.343 e. The zero-order chi connectivity index (χ0) is 28.3. The van der Waals surface area contributed by atoms with Crippen LogP contribution in [0.2, 0.25) is 0 Å². The Morgan fingerprint density at radius 2 is 1.32 bits per heavy atom. The summed E-state index contributed by atoms with van der Waals surface area (Å²) in [7, 11) is 0. The van der Waals surface area contributed by atoms with Gasteiger partial charge in [-0.15, -0.1) is 0 Å². The number of carbonyl (C=O) groups excluding carboxylic acids is 3. The Bertz CT molecular complexity index is 1480. The second-order valence-corrected chi connectivity index (χ2v) is 9.02. The summed E-state index contributed by atoms with van der Waals surface area (Å²) in [6.45, 7) is 3.96. The van der Waals surface area contributed by atoms with Gasteiger partial charge < -0.3 is 14.2 Å². The molecule has 0 unspecified atom stereocenters. The van der Waals surface area contributed by atoms with Crippen LogP contribution < -0.4 is 19.6 Å². The highest BCUT2D eigenvalue weighted by molar-refractivity contribution is 5.94. The van der Waals surface area contributed by atoms with Crippen molar-refractivity contribution in [3.05, 3.63) is 125 Å². The lowest BCUT2D eigenvalue weighted by molar-refractivity contribution is -0.123. The SMILES string of the molecule is CC(C)c1ccc(OCC(=O)N/N=C\c2ccc(OC(=O)c3ccccc3)cc2OC(=O)c2ccccc2)cc1. The Hall–Kier alpha value is -5.24. The second kappa shape index (κ2) is 13.5. The van der Waals surface area contributed by atoms with E-state index in [1.807, 2.05) is 24.3 Å². The van der Waals surface area contributed by atoms with Gasteiger partial charge in [0.1, 0.15) is 17.2 Å². The molecular formula is C32H28N2O6. The van der Waals surface area contributed by atoms with E-state index in [0.29, 0.717) is 28.4 Å². The average molecular weight is 537 g/mol. The molecule has 8 nitrogen and oxygen atoms in total. The Morgan fingerprint density at radius 3 is 1.93 bits per heavy atom. The first-order valence-electron chi connectivity index (χ1n) is 12.6. The summed E-state index contributed by atoms with van der Waals surface area (Å²) in [5, 5.41) is 3.97. The number of nitrogens with one attached hydrogen (secondary N) is 1. The molecule has 0 aliphatic rings. The van der Waals surface area contributed by atoms with E-state index in [1.165, 1.54) is 23.9 Å². The molecule has 0 aliphatic carbocycles. The highest BCUT2D eigenvalue weighted by Gasteiger charge is 2.15. The molecule has 0 fully saturated rings. The summed E-state index contributed by atoms with van der Waals surface area (Å²) >= 11 is 0. The number of hydrogen-bond donors (Lipinski definition) is 1. The highest BCUT2D eigenvalue weighted by atomic mass is 16.5. The van der Waals surface area contributed by atoms with Gasteiger partial charge in [0.25, 0.3) is 5.91 Å². The normalized spacial score (nSPS) is 10.8. The van der Waals surface area contributed by atoms with Crippen LogP contribution in [-0.2, 0) is 4.79 Å². The molecule has 0 spiro atoms. The van der Waals surface area contributed by atoms with E-state index in [0.717, 1.165) is 0 Å². The van der Waals surface area contributed by atoms with E-state index in [-0.39, 0.29) is 18.1 Å². The topological polar surface area (TPSA) is 103 Å². The number of hydrazone groups is 1. The molecule has 1 amide bonds. The predicted molar refractivity (Wildman–Crippen MR) is 151 cm³/mol. The molecule has 40 heavy (non-hydrogen) atoms. The van der Waals surface area contributed by atoms with Gasteiger partial charge in [-0.3, -0.25) is 4.79 Å². The van der Waals surface area contributed by atoms with E-state index in [4.69, 9.17) is 14.2 Å². The molecule has 0 saturated heterocycles. The molecule has 0 aliphatic heterocycles. The lowest BCUT2D eigenvalue weighted by Gasteiger charge is -2.11. The fourth-order valence-electron chi connectivity index (χ4n) is 3.55. The number of ether oxygens (including phenoxy) is 3. The van der Waals surface area contributed by atoms with Crippen LogP contribution in [0.4, 0.5) is 0 Å². The number of carbonyl (C=O) groups is 3. The summed E-state index contributed by atoms with van der Waals surface area (Å²) in [6.07, 6.45) is 1.33. The third-order valence-corrected chi connectivity index (χ3v) is 5.73. The standard InChI is InChI=1S/C32H28N2O6/c1-22(2)23-13-16-27(17-14-23)38-21-30(35)34-33-20-26-15-18-28(39-31(36)24-9-5-3-6-10-24)19-29(26)40-32(37)25-11-7-4-8-12-25/h3-20,22H,21H2,1-2H3,(H,34,35)/b33-20-. The zero-order valence-electron chi connectivity index (χ0n) is 22.1. The maximum atomic E-state index is 12.7. The van der Waals surface area contributed by atoms with Gasteiger partial charge in [-0.25, -0.2) is 15.0 Å². The van der Waals surface area contributed by atoms with Crippen LogP contribution in [0.3, 0.4) is 0 Å². The monoisotopic (exact) mass is 536 g/mol. The minimum absolute atomic E-state index is 0.0895. The van der Waals surface area contributed by atoms with Gasteiger partial charge in [0, 0.05) is 11.6 Å². The second-order valence-electron chi connectivity index (χ2n) is 9.02. The number of nitrogens with zero attached hydrogens (tertiary/aromatic N) is 1. The summed E-state index contributed by atoms with van der Waals surface area (Å²) in [6, 6.07) is 29.0. The van der Waals surface area contributed by atoms with Gasteiger partial charge in [0.2, 0.25) is 0 Å². The molecule has 8 heteroatoms. The number of rotatable bonds is 10. The van der Waals surface area contributed by atoms with Crippen LogP contribution >= 0.6 is 0 Å². The lowest BCUT2D eigenvalue weighted by atomic mass is 10.0. The van der Waals surface area contributed by atoms with Crippen molar-refractivity contribution in [2.24, 2.45) is 5.10 Å². The van der Waals surface area contributed by atoms with Gasteiger partial charge >= 0.3 is 11.9 Å². The van der Waals surface area contributed by atoms with E-state index in [2.05, 4.69) is 24.4 Å². The van der Waals surface area contributed by atoms with Gasteiger partial charge in [0.05, 0.1) is 17.3 Å². The quantitative estimate of drug-likeness (QED) is 0.119. The van der Waals surface area contributed by atoms with Crippen LogP contribution in [0.1, 0.15) is 51.6 Å². The molecule has 4 aromatic carbocycles. The molecular weight excluding hydrogens is 508 g/mol. The molecule has 4 rings (SSSR count). The Labute approximate surface area is 232 Å². The van der Waals surface area contributed by atoms with Crippen LogP contribution in [0.15, 0.2) is 108 Å². The van der Waals surface area contributed by atoms with Gasteiger partial charge in [-0.05, 0) is 60.0 Å². The number of esters is 2. The first-order valence-corrected chi connectivity index (χ1v) is 12.6. The summed E-state index contributed by atoms with van der Waals surface area (Å²) in [5.41, 5.74) is 4.64. The Balaban J connectivity index is 1.44. The maximum absolute atomic E-state index is 12.7. The summed E-state index contributed by atoms with van der Waals surface area (Å²) in [4.78, 5) is 37.5. The number of benzene rings is 4. The Kier molecular flexibility index (Phi) is 9.39. The van der Waals surface area contributed by atoms with E-state index < -0.39 is 17.8 Å². The zero-order valence-corrected chi connectivity index (χ0v) is 22.1. The van der Waals surface area contributed by atoms with Crippen molar-refractivity contribution in [2.45, 2.75) is 19.8 Å². The molecule has 0 atom stereocenters. The summed E-state index contributed by atoms with van der Waals surface area (Å²) < 4.78 is 16.6. The largest absolute Gasteiger partial charge is 0.484 e. The van der Waals surface area contributed by atoms with Crippen molar-refractivity contribution >= 4 is 24.1 Å². The fraction of sp³-hybridized carbons (Fsp3) is 0.125. The van der Waals surface area contributed by atoms with Crippen molar-refractivity contribution in [3.8, 4) is 17.2 Å². The molecule has 0 saturated carbocycles. The molecule has 0 aromatic heterocycles. The van der Waals surface area contributed by atoms with Gasteiger partial charge in [-0.1, -0.05) is 62.4 Å². The van der Waals surface area contributed by atoms with Crippen molar-refractivity contribution in [1.29, 1.82) is 0 Å². The van der Waals surface area contributed by atoms with Crippen LogP contribution in [0, 0.1) is 0 Å². The van der Waals surface area contributed by atoms with Crippen LogP contribution in [0.25, 0.3) is 0 Å². The van der Waals surface area contributed by atoms with Crippen LogP contribution in [-0.4, -0.2) is 30.7 Å². The minimum atomic E-state index is -0.609. The number of amides is 1. The van der Waals surface area contributed by atoms with Gasteiger partial charge in [-0.2, -0.15) is 5.10 Å². The molecule has 0 bridgehead atoms.